The van der Waals surface area contributed by atoms with E-state index in [0.29, 0.717) is 0 Å². The molecular formula is C51H80N8. The number of hydrogen-bond donors (Lipinski definition) is 2. The van der Waals surface area contributed by atoms with Gasteiger partial charge in [0, 0.05) is 78.7 Å². The fourth-order valence-corrected chi connectivity index (χ4v) is 9.52. The first-order valence-corrected chi connectivity index (χ1v) is 21.4. The van der Waals surface area contributed by atoms with Crippen LogP contribution in [0.1, 0.15) is 125 Å². The maximum atomic E-state index is 5.37. The molecular weight excluding hydrogens is 725 g/mol. The average Bonchev–Trinajstić information content (AvgIpc) is 3.07. The minimum Gasteiger partial charge on any atom is -0.399 e. The minimum atomic E-state index is 0.00192. The van der Waals surface area contributed by atoms with Crippen molar-refractivity contribution >= 4 is 45.5 Å². The van der Waals surface area contributed by atoms with Crippen LogP contribution in [0.2, 0.25) is 0 Å². The van der Waals surface area contributed by atoms with E-state index in [0.717, 1.165) is 31.4 Å². The monoisotopic (exact) mass is 805 g/mol. The lowest BCUT2D eigenvalue weighted by Gasteiger charge is -2.48. The third-order valence-electron chi connectivity index (χ3n) is 10.4. The lowest BCUT2D eigenvalue weighted by Crippen LogP contribution is -2.56. The molecule has 5 rings (SSSR count). The van der Waals surface area contributed by atoms with Crippen LogP contribution in [-0.2, 0) is 0 Å². The highest BCUT2D eigenvalue weighted by Gasteiger charge is 2.35. The highest BCUT2D eigenvalue weighted by Crippen LogP contribution is 2.38. The third kappa shape index (κ3) is 12.2. The van der Waals surface area contributed by atoms with E-state index in [1.54, 1.807) is 24.3 Å². The van der Waals surface area contributed by atoms with E-state index in [4.69, 9.17) is 11.5 Å². The molecule has 1 aliphatic rings. The van der Waals surface area contributed by atoms with Crippen LogP contribution < -0.4 is 40.9 Å². The van der Waals surface area contributed by atoms with E-state index < -0.39 is 0 Å². The molecule has 1 fully saturated rings. The Morgan fingerprint density at radius 1 is 0.305 bits per heavy atom. The summed E-state index contributed by atoms with van der Waals surface area (Å²) < 4.78 is 0. The van der Waals surface area contributed by atoms with E-state index in [9.17, 15) is 0 Å². The molecule has 59 heavy (non-hydrogen) atoms. The summed E-state index contributed by atoms with van der Waals surface area (Å²) in [5.74, 6) is 0. The van der Waals surface area contributed by atoms with Crippen LogP contribution in [0.25, 0.3) is 0 Å². The maximum absolute atomic E-state index is 5.37. The van der Waals surface area contributed by atoms with Crippen LogP contribution in [-0.4, -0.2) is 53.2 Å². The topological polar surface area (TPSA) is 71.5 Å². The van der Waals surface area contributed by atoms with Crippen molar-refractivity contribution in [2.24, 2.45) is 0 Å². The van der Waals surface area contributed by atoms with Gasteiger partial charge in [-0.2, -0.15) is 0 Å². The molecule has 0 aromatic heterocycles. The number of benzene rings is 4. The first-order chi connectivity index (χ1) is 26.9. The van der Waals surface area contributed by atoms with E-state index in [2.05, 4.69) is 227 Å². The molecule has 4 N–H and O–H groups in total. The van der Waals surface area contributed by atoms with Crippen molar-refractivity contribution in [3.05, 3.63) is 97.1 Å². The van der Waals surface area contributed by atoms with Crippen molar-refractivity contribution < 1.29 is 0 Å². The molecule has 0 radical (unpaired) electrons. The number of hydrogen-bond acceptors (Lipinski definition) is 8. The second kappa shape index (κ2) is 17.1. The molecule has 8 nitrogen and oxygen atoms in total. The maximum Gasteiger partial charge on any atom is 0.0937 e. The van der Waals surface area contributed by atoms with Crippen molar-refractivity contribution in [2.75, 3.05) is 60.9 Å². The lowest BCUT2D eigenvalue weighted by atomic mass is 9.94. The molecule has 0 unspecified atom stereocenters. The summed E-state index contributed by atoms with van der Waals surface area (Å²) in [6.45, 7) is 43.8. The Labute approximate surface area is 360 Å². The normalized spacial score (nSPS) is 14.4. The SMILES string of the molecule is CC(C)(C)N(c1ccc(N2CN(c3ccc(N(C(C)(C)C)C(C)(C)C)cc3)CN(c3ccc(N(C(C)(C)C)C(C)(C)C)cc3)C2)cc1)C(C)(C)C.Nc1ccc(N)cc1. The van der Waals surface area contributed by atoms with E-state index in [1.807, 2.05) is 0 Å². The van der Waals surface area contributed by atoms with Crippen molar-refractivity contribution in [3.63, 3.8) is 0 Å². The Morgan fingerprint density at radius 2 is 0.475 bits per heavy atom. The Hall–Kier alpha value is -4.72. The predicted octanol–water partition coefficient (Wildman–Crippen LogP) is 12.5. The van der Waals surface area contributed by atoms with Gasteiger partial charge in [-0.1, -0.05) is 0 Å². The number of nitrogens with two attached hydrogens (primary N) is 2. The fourth-order valence-electron chi connectivity index (χ4n) is 9.52. The summed E-state index contributed by atoms with van der Waals surface area (Å²) >= 11 is 0. The number of rotatable bonds is 6. The molecule has 0 bridgehead atoms. The quantitative estimate of drug-likeness (QED) is 0.187. The summed E-state index contributed by atoms with van der Waals surface area (Å²) in [5.41, 5.74) is 19.7. The van der Waals surface area contributed by atoms with Crippen molar-refractivity contribution in [1.82, 2.24) is 0 Å². The molecule has 1 aliphatic heterocycles. The van der Waals surface area contributed by atoms with Crippen molar-refractivity contribution in [2.45, 2.75) is 158 Å². The van der Waals surface area contributed by atoms with E-state index >= 15 is 0 Å². The second-order valence-electron chi connectivity index (χ2n) is 22.3. The molecule has 4 aromatic rings. The average molecular weight is 805 g/mol. The van der Waals surface area contributed by atoms with Crippen LogP contribution >= 0.6 is 0 Å². The van der Waals surface area contributed by atoms with Crippen LogP contribution in [0.15, 0.2) is 97.1 Å². The van der Waals surface area contributed by atoms with Gasteiger partial charge in [0.25, 0.3) is 0 Å². The summed E-state index contributed by atoms with van der Waals surface area (Å²) in [4.78, 5) is 15.1. The smallest absolute Gasteiger partial charge is 0.0937 e. The number of nitrogens with zero attached hydrogens (tertiary/aromatic N) is 6. The van der Waals surface area contributed by atoms with Gasteiger partial charge in [-0.3, -0.25) is 0 Å². The predicted molar refractivity (Wildman–Crippen MR) is 263 cm³/mol. The molecule has 0 saturated carbocycles. The van der Waals surface area contributed by atoms with Gasteiger partial charge in [-0.15, -0.1) is 0 Å². The first kappa shape index (κ1) is 47.0. The van der Waals surface area contributed by atoms with Gasteiger partial charge in [0.2, 0.25) is 0 Å². The van der Waals surface area contributed by atoms with Gasteiger partial charge in [0.1, 0.15) is 0 Å². The summed E-state index contributed by atoms with van der Waals surface area (Å²) in [6.07, 6.45) is 0. The van der Waals surface area contributed by atoms with E-state index in [1.165, 1.54) is 34.1 Å². The van der Waals surface area contributed by atoms with Gasteiger partial charge in [0.15, 0.2) is 0 Å². The number of nitrogen functional groups attached to an aromatic ring is 2. The highest BCUT2D eigenvalue weighted by atomic mass is 15.5. The minimum absolute atomic E-state index is 0.00192. The molecule has 0 aliphatic carbocycles. The zero-order valence-electron chi connectivity index (χ0n) is 40.2. The molecule has 324 valence electrons. The third-order valence-corrected chi connectivity index (χ3v) is 10.4. The molecule has 0 amide bonds. The highest BCUT2D eigenvalue weighted by molar-refractivity contribution is 5.66. The van der Waals surface area contributed by atoms with Crippen LogP contribution in [0, 0.1) is 0 Å². The standard InChI is InChI=1S/C45H72N6.C6H8N2/c1-40(2,3)49(41(4,5)6)37-25-19-34(20-26-37)46-31-47(35-21-27-38(28-22-35)50(42(7,8)9)43(10,11)12)33-48(32-46)36-23-29-39(30-24-36)51(44(13,14)15)45(16,17)18;7-5-1-2-6(8)4-3-5/h19-30H,31-33H2,1-18H3;1-4H,7-8H2. The van der Waals surface area contributed by atoms with Gasteiger partial charge in [0.05, 0.1) is 20.0 Å². The Balaban J connectivity index is 0.000000856. The molecule has 0 spiro atoms. The largest absolute Gasteiger partial charge is 0.399 e. The Morgan fingerprint density at radius 3 is 0.627 bits per heavy atom. The van der Waals surface area contributed by atoms with E-state index in [-0.39, 0.29) is 33.2 Å². The van der Waals surface area contributed by atoms with Crippen LogP contribution in [0.5, 0.6) is 0 Å². The van der Waals surface area contributed by atoms with Crippen molar-refractivity contribution in [1.29, 1.82) is 0 Å². The first-order valence-electron chi connectivity index (χ1n) is 21.4. The van der Waals surface area contributed by atoms with Gasteiger partial charge >= 0.3 is 0 Å². The molecule has 8 heteroatoms. The summed E-state index contributed by atoms with van der Waals surface area (Å²) in [7, 11) is 0. The Bertz CT molecular complexity index is 1650. The molecule has 0 atom stereocenters. The second-order valence-corrected chi connectivity index (χ2v) is 22.3. The van der Waals surface area contributed by atoms with Gasteiger partial charge in [-0.25, -0.2) is 0 Å². The van der Waals surface area contributed by atoms with Crippen LogP contribution in [0.4, 0.5) is 45.5 Å². The fraction of sp³-hybridized carbons (Fsp3) is 0.529. The zero-order valence-corrected chi connectivity index (χ0v) is 40.2. The Kier molecular flexibility index (Phi) is 13.6. The molecule has 1 heterocycles. The number of anilines is 8. The zero-order chi connectivity index (χ0) is 44.5. The van der Waals surface area contributed by atoms with Gasteiger partial charge < -0.3 is 40.9 Å². The summed E-state index contributed by atoms with van der Waals surface area (Å²) in [6, 6.07) is 34.8. The van der Waals surface area contributed by atoms with Crippen molar-refractivity contribution in [3.8, 4) is 0 Å². The summed E-state index contributed by atoms with van der Waals surface area (Å²) in [5, 5.41) is 0. The lowest BCUT2D eigenvalue weighted by molar-refractivity contribution is 0.380. The molecule has 1 saturated heterocycles. The van der Waals surface area contributed by atoms with Crippen LogP contribution in [0.3, 0.4) is 0 Å². The molecule has 4 aromatic carbocycles. The van der Waals surface area contributed by atoms with Gasteiger partial charge in [-0.05, 0) is 222 Å².